The van der Waals surface area contributed by atoms with Gasteiger partial charge in [-0.2, -0.15) is 0 Å². The first-order valence-electron chi connectivity index (χ1n) is 9.85. The number of carbonyl (C=O) groups is 1. The summed E-state index contributed by atoms with van der Waals surface area (Å²) in [5, 5.41) is 5.50. The lowest BCUT2D eigenvalue weighted by Crippen LogP contribution is -2.23. The molecule has 1 unspecified atom stereocenters. The van der Waals surface area contributed by atoms with Gasteiger partial charge in [0.2, 0.25) is 5.91 Å². The molecule has 1 fully saturated rings. The van der Waals surface area contributed by atoms with Gasteiger partial charge in [0.05, 0.1) is 11.5 Å². The topological polar surface area (TPSA) is 67.8 Å². The summed E-state index contributed by atoms with van der Waals surface area (Å²) < 4.78 is 0. The SMILES string of the molecule is O=C(Nc1nccs1)C(CC1CCCC1)c1ccc(C#Cc2cncnc2)cc1. The van der Waals surface area contributed by atoms with Crippen LogP contribution in [0.1, 0.15) is 54.7 Å². The highest BCUT2D eigenvalue weighted by atomic mass is 32.1. The Bertz CT molecular complexity index is 985. The summed E-state index contributed by atoms with van der Waals surface area (Å²) in [7, 11) is 0. The van der Waals surface area contributed by atoms with Crippen molar-refractivity contribution in [2.45, 2.75) is 38.0 Å². The molecule has 146 valence electrons. The second-order valence-electron chi connectivity index (χ2n) is 7.26. The van der Waals surface area contributed by atoms with Crippen molar-refractivity contribution >= 4 is 22.4 Å². The van der Waals surface area contributed by atoms with E-state index in [9.17, 15) is 4.79 Å². The summed E-state index contributed by atoms with van der Waals surface area (Å²) >= 11 is 1.44. The van der Waals surface area contributed by atoms with Crippen molar-refractivity contribution in [3.8, 4) is 11.8 Å². The van der Waals surface area contributed by atoms with Crippen LogP contribution in [0.2, 0.25) is 0 Å². The minimum absolute atomic E-state index is 0.0205. The number of hydrogen-bond donors (Lipinski definition) is 1. The van der Waals surface area contributed by atoms with Gasteiger partial charge >= 0.3 is 0 Å². The molecule has 1 N–H and O–H groups in total. The second kappa shape index (κ2) is 9.44. The average molecular weight is 403 g/mol. The summed E-state index contributed by atoms with van der Waals surface area (Å²) in [6.07, 6.45) is 12.4. The van der Waals surface area contributed by atoms with Gasteiger partial charge in [-0.05, 0) is 30.0 Å². The summed E-state index contributed by atoms with van der Waals surface area (Å²) in [4.78, 5) is 25.1. The van der Waals surface area contributed by atoms with Crippen LogP contribution in [-0.4, -0.2) is 20.9 Å². The number of thiazole rings is 1. The Kier molecular flexibility index (Phi) is 6.28. The number of hydrogen-bond acceptors (Lipinski definition) is 5. The van der Waals surface area contributed by atoms with E-state index in [2.05, 4.69) is 32.1 Å². The Morgan fingerprint density at radius 2 is 1.83 bits per heavy atom. The highest BCUT2D eigenvalue weighted by Gasteiger charge is 2.27. The number of anilines is 1. The van der Waals surface area contributed by atoms with Crippen LogP contribution in [-0.2, 0) is 4.79 Å². The molecule has 29 heavy (non-hydrogen) atoms. The molecule has 0 radical (unpaired) electrons. The van der Waals surface area contributed by atoms with E-state index in [0.29, 0.717) is 11.0 Å². The number of nitrogens with one attached hydrogen (secondary N) is 1. The number of amides is 1. The highest BCUT2D eigenvalue weighted by molar-refractivity contribution is 7.13. The monoisotopic (exact) mass is 402 g/mol. The molecule has 1 aromatic carbocycles. The summed E-state index contributed by atoms with van der Waals surface area (Å²) in [5.74, 6) is 6.64. The molecule has 6 heteroatoms. The van der Waals surface area contributed by atoms with Gasteiger partial charge in [-0.3, -0.25) is 4.79 Å². The molecule has 2 aromatic heterocycles. The minimum atomic E-state index is -0.175. The standard InChI is InChI=1S/C23H22N4OS/c28-22(27-23-26-11-12-29-23)21(13-18-3-1-2-4-18)20-9-7-17(8-10-20)5-6-19-14-24-16-25-15-19/h7-12,14-16,18,21H,1-4,13H2,(H,26,27,28). The normalized spacial score (nSPS) is 14.8. The zero-order valence-corrected chi connectivity index (χ0v) is 16.9. The first kappa shape index (κ1) is 19.3. The Balaban J connectivity index is 1.51. The Labute approximate surface area is 174 Å². The third kappa shape index (κ3) is 5.27. The fourth-order valence-corrected chi connectivity index (χ4v) is 4.29. The quantitative estimate of drug-likeness (QED) is 0.632. The molecule has 1 atom stereocenters. The van der Waals surface area contributed by atoms with Crippen LogP contribution in [0.3, 0.4) is 0 Å². The third-order valence-electron chi connectivity index (χ3n) is 5.25. The van der Waals surface area contributed by atoms with E-state index in [-0.39, 0.29) is 11.8 Å². The summed E-state index contributed by atoms with van der Waals surface area (Å²) in [6, 6.07) is 7.99. The molecule has 3 aromatic rings. The number of carbonyl (C=O) groups excluding carboxylic acids is 1. The fraction of sp³-hybridized carbons (Fsp3) is 0.304. The van der Waals surface area contributed by atoms with E-state index in [1.165, 1.54) is 43.3 Å². The van der Waals surface area contributed by atoms with Crippen LogP contribution in [0.15, 0.2) is 54.6 Å². The van der Waals surface area contributed by atoms with Crippen molar-refractivity contribution in [2.24, 2.45) is 5.92 Å². The molecular formula is C23H22N4OS. The summed E-state index contributed by atoms with van der Waals surface area (Å²) in [6.45, 7) is 0. The van der Waals surface area contributed by atoms with Gasteiger partial charge in [-0.15, -0.1) is 11.3 Å². The molecule has 0 aliphatic heterocycles. The molecule has 1 aliphatic carbocycles. The Morgan fingerprint density at radius 3 is 2.52 bits per heavy atom. The first-order chi connectivity index (χ1) is 14.3. The molecule has 0 spiro atoms. The summed E-state index contributed by atoms with van der Waals surface area (Å²) in [5.41, 5.74) is 2.70. The molecule has 1 saturated carbocycles. The fourth-order valence-electron chi connectivity index (χ4n) is 3.76. The molecule has 1 amide bonds. The largest absolute Gasteiger partial charge is 0.301 e. The van der Waals surface area contributed by atoms with Gasteiger partial charge < -0.3 is 5.32 Å². The molecule has 0 saturated heterocycles. The molecule has 4 rings (SSSR count). The number of nitrogens with zero attached hydrogens (tertiary/aromatic N) is 3. The van der Waals surface area contributed by atoms with Gasteiger partial charge in [0.25, 0.3) is 0 Å². The Morgan fingerprint density at radius 1 is 1.10 bits per heavy atom. The van der Waals surface area contributed by atoms with Gasteiger partial charge in [0.15, 0.2) is 5.13 Å². The number of benzene rings is 1. The lowest BCUT2D eigenvalue weighted by Gasteiger charge is -2.20. The van der Waals surface area contributed by atoms with Gasteiger partial charge in [0.1, 0.15) is 6.33 Å². The maximum Gasteiger partial charge on any atom is 0.233 e. The lowest BCUT2D eigenvalue weighted by molar-refractivity contribution is -0.118. The predicted octanol–water partition coefficient (Wildman–Crippen LogP) is 4.64. The van der Waals surface area contributed by atoms with E-state index in [1.54, 1.807) is 18.6 Å². The van der Waals surface area contributed by atoms with Crippen molar-refractivity contribution in [3.05, 3.63) is 71.3 Å². The first-order valence-corrected chi connectivity index (χ1v) is 10.7. The van der Waals surface area contributed by atoms with Gasteiger partial charge in [0, 0.05) is 29.5 Å². The lowest BCUT2D eigenvalue weighted by atomic mass is 9.87. The predicted molar refractivity (Wildman–Crippen MR) is 115 cm³/mol. The van der Waals surface area contributed by atoms with E-state index >= 15 is 0 Å². The van der Waals surface area contributed by atoms with E-state index in [1.807, 2.05) is 29.6 Å². The second-order valence-corrected chi connectivity index (χ2v) is 8.16. The van der Waals surface area contributed by atoms with Crippen molar-refractivity contribution < 1.29 is 4.79 Å². The van der Waals surface area contributed by atoms with Crippen LogP contribution < -0.4 is 5.32 Å². The van der Waals surface area contributed by atoms with Crippen LogP contribution in [0.4, 0.5) is 5.13 Å². The molecule has 2 heterocycles. The van der Waals surface area contributed by atoms with Crippen LogP contribution in [0.25, 0.3) is 0 Å². The van der Waals surface area contributed by atoms with E-state index < -0.39 is 0 Å². The minimum Gasteiger partial charge on any atom is -0.301 e. The van der Waals surface area contributed by atoms with E-state index in [4.69, 9.17) is 0 Å². The zero-order valence-electron chi connectivity index (χ0n) is 16.0. The number of aromatic nitrogens is 3. The van der Waals surface area contributed by atoms with Crippen LogP contribution >= 0.6 is 11.3 Å². The van der Waals surface area contributed by atoms with Gasteiger partial charge in [-0.1, -0.05) is 49.7 Å². The van der Waals surface area contributed by atoms with Crippen molar-refractivity contribution in [2.75, 3.05) is 5.32 Å². The number of rotatable bonds is 5. The molecule has 5 nitrogen and oxygen atoms in total. The van der Waals surface area contributed by atoms with Crippen molar-refractivity contribution in [1.29, 1.82) is 0 Å². The molecule has 1 aliphatic rings. The Hall–Kier alpha value is -3.04. The van der Waals surface area contributed by atoms with Crippen LogP contribution in [0, 0.1) is 17.8 Å². The smallest absolute Gasteiger partial charge is 0.233 e. The molecule has 0 bridgehead atoms. The maximum atomic E-state index is 13.0. The third-order valence-corrected chi connectivity index (χ3v) is 5.94. The van der Waals surface area contributed by atoms with Crippen LogP contribution in [0.5, 0.6) is 0 Å². The highest BCUT2D eigenvalue weighted by Crippen LogP contribution is 2.35. The zero-order chi connectivity index (χ0) is 19.9. The average Bonchev–Trinajstić information content (AvgIpc) is 3.46. The molecular weight excluding hydrogens is 380 g/mol. The van der Waals surface area contributed by atoms with Crippen molar-refractivity contribution in [3.63, 3.8) is 0 Å². The maximum absolute atomic E-state index is 13.0. The van der Waals surface area contributed by atoms with Crippen molar-refractivity contribution in [1.82, 2.24) is 15.0 Å². The van der Waals surface area contributed by atoms with Gasteiger partial charge in [-0.25, -0.2) is 15.0 Å². The van der Waals surface area contributed by atoms with E-state index in [0.717, 1.165) is 23.1 Å².